The maximum atomic E-state index is 11.5. The van der Waals surface area contributed by atoms with Crippen molar-refractivity contribution < 1.29 is 14.4 Å². The Kier molecular flexibility index (Phi) is 3.93. The van der Waals surface area contributed by atoms with Crippen molar-refractivity contribution in [1.82, 2.24) is 5.32 Å². The lowest BCUT2D eigenvalue weighted by Gasteiger charge is -2.09. The standard InChI is InChI=1S/C10H15N3O3/c1-6-3-4-8(16-6)5-12-10(14)7(2)9(11)13-15/h3-4,7,15H,5H2,1-2H3,(H2,11,13)(H,12,14). The van der Waals surface area contributed by atoms with Gasteiger partial charge in [0.25, 0.3) is 0 Å². The van der Waals surface area contributed by atoms with Crippen LogP contribution in [-0.4, -0.2) is 17.0 Å². The molecule has 16 heavy (non-hydrogen) atoms. The number of amidine groups is 1. The van der Waals surface area contributed by atoms with Crippen LogP contribution in [0.3, 0.4) is 0 Å². The van der Waals surface area contributed by atoms with E-state index in [1.165, 1.54) is 0 Å². The van der Waals surface area contributed by atoms with Gasteiger partial charge in [-0.3, -0.25) is 4.79 Å². The molecule has 0 aliphatic carbocycles. The minimum Gasteiger partial charge on any atom is -0.465 e. The molecule has 1 amide bonds. The van der Waals surface area contributed by atoms with E-state index in [2.05, 4.69) is 10.5 Å². The van der Waals surface area contributed by atoms with E-state index in [1.807, 2.05) is 13.0 Å². The molecule has 0 spiro atoms. The molecule has 0 aliphatic heterocycles. The summed E-state index contributed by atoms with van der Waals surface area (Å²) in [5.41, 5.74) is 5.31. The van der Waals surface area contributed by atoms with Gasteiger partial charge < -0.3 is 20.7 Å². The molecule has 0 aliphatic rings. The molecule has 0 bridgehead atoms. The van der Waals surface area contributed by atoms with Gasteiger partial charge in [0.15, 0.2) is 5.84 Å². The first-order chi connectivity index (χ1) is 7.54. The van der Waals surface area contributed by atoms with Crippen molar-refractivity contribution in [3.05, 3.63) is 23.7 Å². The van der Waals surface area contributed by atoms with Crippen molar-refractivity contribution >= 4 is 11.7 Å². The predicted octanol–water partition coefficient (Wildman–Crippen LogP) is 0.587. The number of carbonyl (C=O) groups excluding carboxylic acids is 1. The van der Waals surface area contributed by atoms with Gasteiger partial charge in [-0.2, -0.15) is 0 Å². The third kappa shape index (κ3) is 3.01. The smallest absolute Gasteiger partial charge is 0.230 e. The second-order valence-corrected chi connectivity index (χ2v) is 3.48. The van der Waals surface area contributed by atoms with Crippen LogP contribution in [-0.2, 0) is 11.3 Å². The summed E-state index contributed by atoms with van der Waals surface area (Å²) in [4.78, 5) is 11.5. The van der Waals surface area contributed by atoms with E-state index in [1.54, 1.807) is 13.0 Å². The van der Waals surface area contributed by atoms with Crippen LogP contribution in [0.2, 0.25) is 0 Å². The van der Waals surface area contributed by atoms with Crippen LogP contribution >= 0.6 is 0 Å². The molecule has 0 aromatic carbocycles. The largest absolute Gasteiger partial charge is 0.465 e. The second kappa shape index (κ2) is 5.20. The Morgan fingerprint density at radius 1 is 1.69 bits per heavy atom. The Labute approximate surface area is 93.1 Å². The summed E-state index contributed by atoms with van der Waals surface area (Å²) in [5, 5.41) is 13.8. The second-order valence-electron chi connectivity index (χ2n) is 3.48. The van der Waals surface area contributed by atoms with Crippen molar-refractivity contribution in [3.8, 4) is 0 Å². The molecule has 1 unspecified atom stereocenters. The summed E-state index contributed by atoms with van der Waals surface area (Å²) >= 11 is 0. The lowest BCUT2D eigenvalue weighted by molar-refractivity contribution is -0.122. The van der Waals surface area contributed by atoms with Gasteiger partial charge in [0, 0.05) is 0 Å². The van der Waals surface area contributed by atoms with Crippen LogP contribution in [0.5, 0.6) is 0 Å². The van der Waals surface area contributed by atoms with Gasteiger partial charge >= 0.3 is 0 Å². The molecular weight excluding hydrogens is 210 g/mol. The van der Waals surface area contributed by atoms with E-state index in [4.69, 9.17) is 15.4 Å². The lowest BCUT2D eigenvalue weighted by Crippen LogP contribution is -2.36. The minimum absolute atomic E-state index is 0.117. The number of amides is 1. The highest BCUT2D eigenvalue weighted by Gasteiger charge is 2.17. The average Bonchev–Trinajstić information content (AvgIpc) is 2.69. The van der Waals surface area contributed by atoms with E-state index in [0.29, 0.717) is 5.76 Å². The number of nitrogens with one attached hydrogen (secondary N) is 1. The highest BCUT2D eigenvalue weighted by molar-refractivity contribution is 6.01. The average molecular weight is 225 g/mol. The SMILES string of the molecule is Cc1ccc(CNC(=O)C(C)C(N)=NO)o1. The molecule has 0 saturated carbocycles. The molecule has 1 rings (SSSR count). The van der Waals surface area contributed by atoms with Crippen molar-refractivity contribution in [2.75, 3.05) is 0 Å². The van der Waals surface area contributed by atoms with Crippen LogP contribution in [0.4, 0.5) is 0 Å². The first-order valence-corrected chi connectivity index (χ1v) is 4.85. The highest BCUT2D eigenvalue weighted by atomic mass is 16.4. The van der Waals surface area contributed by atoms with E-state index in [0.717, 1.165) is 5.76 Å². The van der Waals surface area contributed by atoms with Crippen LogP contribution < -0.4 is 11.1 Å². The number of oxime groups is 1. The molecule has 1 atom stereocenters. The summed E-state index contributed by atoms with van der Waals surface area (Å²) in [6.45, 7) is 3.66. The van der Waals surface area contributed by atoms with Crippen molar-refractivity contribution in [1.29, 1.82) is 0 Å². The van der Waals surface area contributed by atoms with Crippen LogP contribution in [0, 0.1) is 12.8 Å². The maximum Gasteiger partial charge on any atom is 0.230 e. The third-order valence-electron chi connectivity index (χ3n) is 2.19. The van der Waals surface area contributed by atoms with Gasteiger partial charge in [0.1, 0.15) is 11.5 Å². The molecule has 0 saturated heterocycles. The number of rotatable bonds is 4. The fraction of sp³-hybridized carbons (Fsp3) is 0.400. The first kappa shape index (κ1) is 12.1. The Morgan fingerprint density at radius 3 is 2.88 bits per heavy atom. The third-order valence-corrected chi connectivity index (χ3v) is 2.19. The molecule has 1 aromatic heterocycles. The van der Waals surface area contributed by atoms with E-state index in [-0.39, 0.29) is 18.3 Å². The predicted molar refractivity (Wildman–Crippen MR) is 57.9 cm³/mol. The summed E-state index contributed by atoms with van der Waals surface area (Å²) in [6, 6.07) is 3.60. The van der Waals surface area contributed by atoms with E-state index in [9.17, 15) is 4.79 Å². The van der Waals surface area contributed by atoms with Gasteiger partial charge in [0.2, 0.25) is 5.91 Å². The zero-order valence-electron chi connectivity index (χ0n) is 9.23. The molecule has 0 fully saturated rings. The van der Waals surface area contributed by atoms with E-state index >= 15 is 0 Å². The van der Waals surface area contributed by atoms with Gasteiger partial charge in [-0.05, 0) is 26.0 Å². The number of nitrogens with zero attached hydrogens (tertiary/aromatic N) is 1. The molecule has 6 heteroatoms. The zero-order chi connectivity index (χ0) is 12.1. The van der Waals surface area contributed by atoms with Crippen molar-refractivity contribution in [2.24, 2.45) is 16.8 Å². The fourth-order valence-corrected chi connectivity index (χ4v) is 1.13. The number of carbonyl (C=O) groups is 1. The summed E-state index contributed by atoms with van der Waals surface area (Å²) in [5.74, 6) is 0.352. The van der Waals surface area contributed by atoms with Gasteiger partial charge in [0.05, 0.1) is 12.5 Å². The monoisotopic (exact) mass is 225 g/mol. The van der Waals surface area contributed by atoms with Crippen molar-refractivity contribution in [2.45, 2.75) is 20.4 Å². The van der Waals surface area contributed by atoms with Crippen LogP contribution in [0.1, 0.15) is 18.4 Å². The molecule has 1 heterocycles. The molecule has 1 aromatic rings. The molecule has 6 nitrogen and oxygen atoms in total. The molecule has 88 valence electrons. The Bertz CT molecular complexity index is 398. The van der Waals surface area contributed by atoms with Gasteiger partial charge in [-0.1, -0.05) is 5.16 Å². The first-order valence-electron chi connectivity index (χ1n) is 4.85. The summed E-state index contributed by atoms with van der Waals surface area (Å²) < 4.78 is 5.27. The molecule has 4 N–H and O–H groups in total. The van der Waals surface area contributed by atoms with Gasteiger partial charge in [-0.15, -0.1) is 0 Å². The Hall–Kier alpha value is -1.98. The Morgan fingerprint density at radius 2 is 2.38 bits per heavy atom. The Balaban J connectivity index is 2.47. The number of furan rings is 1. The fourth-order valence-electron chi connectivity index (χ4n) is 1.13. The number of aryl methyl sites for hydroxylation is 1. The number of hydrogen-bond acceptors (Lipinski definition) is 4. The quantitative estimate of drug-likeness (QED) is 0.302. The van der Waals surface area contributed by atoms with Crippen molar-refractivity contribution in [3.63, 3.8) is 0 Å². The topological polar surface area (TPSA) is 101 Å². The van der Waals surface area contributed by atoms with Crippen LogP contribution in [0.25, 0.3) is 0 Å². The number of nitrogens with two attached hydrogens (primary N) is 1. The zero-order valence-corrected chi connectivity index (χ0v) is 9.23. The molecular formula is C10H15N3O3. The summed E-state index contributed by atoms with van der Waals surface area (Å²) in [6.07, 6.45) is 0. The normalized spacial score (nSPS) is 13.5. The van der Waals surface area contributed by atoms with E-state index < -0.39 is 5.92 Å². The van der Waals surface area contributed by atoms with Gasteiger partial charge in [-0.25, -0.2) is 0 Å². The molecule has 0 radical (unpaired) electrons. The lowest BCUT2D eigenvalue weighted by atomic mass is 10.1. The maximum absolute atomic E-state index is 11.5. The number of hydrogen-bond donors (Lipinski definition) is 3. The van der Waals surface area contributed by atoms with Crippen LogP contribution in [0.15, 0.2) is 21.7 Å². The summed E-state index contributed by atoms with van der Waals surface area (Å²) in [7, 11) is 0. The minimum atomic E-state index is -0.666. The highest BCUT2D eigenvalue weighted by Crippen LogP contribution is 2.06.